The fraction of sp³-hybridized carbons (Fsp3) is 0.455. The monoisotopic (exact) mass is 484 g/mol. The summed E-state index contributed by atoms with van der Waals surface area (Å²) >= 11 is 0. The maximum atomic E-state index is 11.7. The van der Waals surface area contributed by atoms with Crippen molar-refractivity contribution in [1.29, 1.82) is 0 Å². The van der Waals surface area contributed by atoms with Gasteiger partial charge in [-0.15, -0.1) is 0 Å². The van der Waals surface area contributed by atoms with E-state index in [0.717, 1.165) is 43.2 Å². The van der Waals surface area contributed by atoms with Crippen molar-refractivity contribution in [3.05, 3.63) is 59.7 Å². The van der Waals surface area contributed by atoms with Crippen LogP contribution < -0.4 is 8.37 Å². The van der Waals surface area contributed by atoms with E-state index in [2.05, 4.69) is 8.37 Å². The fourth-order valence-electron chi connectivity index (χ4n) is 4.13. The number of hydrogen-bond donors (Lipinski definition) is 0. The Hall–Kier alpha value is -2.14. The summed E-state index contributed by atoms with van der Waals surface area (Å²) in [5.74, 6) is 0.357. The summed E-state index contributed by atoms with van der Waals surface area (Å²) in [5.41, 5.74) is 1.80. The van der Waals surface area contributed by atoms with Crippen LogP contribution in [0.15, 0.2) is 48.5 Å². The molecule has 2 aromatic carbocycles. The molecule has 0 aliphatic heterocycles. The lowest BCUT2D eigenvalue weighted by atomic mass is 9.65. The molecule has 1 saturated carbocycles. The quantitative estimate of drug-likeness (QED) is 0.493. The summed E-state index contributed by atoms with van der Waals surface area (Å²) in [4.78, 5) is 0. The van der Waals surface area contributed by atoms with Crippen molar-refractivity contribution in [3.8, 4) is 11.5 Å². The van der Waals surface area contributed by atoms with Gasteiger partial charge in [0.25, 0.3) is 0 Å². The molecule has 0 N–H and O–H groups in total. The summed E-state index contributed by atoms with van der Waals surface area (Å²) in [6.45, 7) is 3.13. The lowest BCUT2D eigenvalue weighted by Gasteiger charge is -2.38. The standard InChI is InChI=1S/C22H28O8S2/c1-3-27-31(23,24)29-20-12-8-18(9-13-20)22(16-6-5-7-17-22)19-10-14-21(15-11-19)30-32(25,26)28-4-2/h8-15H,3-7,16-17H2,1-2H3. The number of benzene rings is 2. The third kappa shape index (κ3) is 6.00. The molecule has 1 aliphatic carbocycles. The maximum Gasteiger partial charge on any atom is 0.449 e. The predicted molar refractivity (Wildman–Crippen MR) is 119 cm³/mol. The van der Waals surface area contributed by atoms with Gasteiger partial charge in [0.15, 0.2) is 0 Å². The minimum atomic E-state index is -4.09. The van der Waals surface area contributed by atoms with Crippen LogP contribution in [0, 0.1) is 0 Å². The van der Waals surface area contributed by atoms with Crippen molar-refractivity contribution in [3.63, 3.8) is 0 Å². The molecule has 3 rings (SSSR count). The van der Waals surface area contributed by atoms with Gasteiger partial charge in [0, 0.05) is 5.41 Å². The summed E-state index contributed by atoms with van der Waals surface area (Å²) in [6, 6.07) is 13.9. The molecule has 1 aliphatic rings. The highest BCUT2D eigenvalue weighted by atomic mass is 32.3. The Kier molecular flexibility index (Phi) is 7.81. The van der Waals surface area contributed by atoms with Gasteiger partial charge in [-0.3, -0.25) is 0 Å². The molecule has 0 heterocycles. The second-order valence-corrected chi connectivity index (χ2v) is 9.93. The first kappa shape index (κ1) is 24.5. The summed E-state index contributed by atoms with van der Waals surface area (Å²) in [6.07, 6.45) is 5.08. The third-order valence-corrected chi connectivity index (χ3v) is 7.28. The van der Waals surface area contributed by atoms with Gasteiger partial charge in [-0.2, -0.15) is 16.8 Å². The Morgan fingerprint density at radius 3 is 1.38 bits per heavy atom. The zero-order chi connectivity index (χ0) is 23.2. The van der Waals surface area contributed by atoms with Gasteiger partial charge in [0.05, 0.1) is 13.2 Å². The maximum absolute atomic E-state index is 11.7. The molecule has 0 aromatic heterocycles. The van der Waals surface area contributed by atoms with E-state index in [1.54, 1.807) is 38.1 Å². The molecular formula is C22H28O8S2. The molecule has 0 saturated heterocycles. The van der Waals surface area contributed by atoms with E-state index >= 15 is 0 Å². The first-order valence-electron chi connectivity index (χ1n) is 10.6. The molecule has 0 atom stereocenters. The molecule has 0 unspecified atom stereocenters. The first-order valence-corrected chi connectivity index (χ1v) is 13.2. The lowest BCUT2D eigenvalue weighted by molar-refractivity contribution is 0.286. The van der Waals surface area contributed by atoms with Crippen LogP contribution in [0.2, 0.25) is 0 Å². The van der Waals surface area contributed by atoms with E-state index in [-0.39, 0.29) is 30.1 Å². The van der Waals surface area contributed by atoms with Crippen molar-refractivity contribution in [1.82, 2.24) is 0 Å². The minimum Gasteiger partial charge on any atom is -0.362 e. The first-order chi connectivity index (χ1) is 15.2. The topological polar surface area (TPSA) is 105 Å². The van der Waals surface area contributed by atoms with E-state index in [1.807, 2.05) is 24.3 Å². The molecule has 8 nitrogen and oxygen atoms in total. The molecule has 1 fully saturated rings. The molecule has 0 bridgehead atoms. The van der Waals surface area contributed by atoms with Gasteiger partial charge < -0.3 is 8.37 Å². The smallest absolute Gasteiger partial charge is 0.362 e. The molecule has 2 aromatic rings. The Morgan fingerprint density at radius 1 is 0.656 bits per heavy atom. The molecular weight excluding hydrogens is 456 g/mol. The number of hydrogen-bond acceptors (Lipinski definition) is 8. The molecule has 0 radical (unpaired) electrons. The normalized spacial score (nSPS) is 16.4. The number of rotatable bonds is 10. The Morgan fingerprint density at radius 2 is 1.03 bits per heavy atom. The SMILES string of the molecule is CCOS(=O)(=O)Oc1ccc(C2(c3ccc(OS(=O)(=O)OCC)cc3)CCCCC2)cc1. The Balaban J connectivity index is 1.87. The molecule has 10 heteroatoms. The summed E-state index contributed by atoms with van der Waals surface area (Å²) in [7, 11) is -8.17. The van der Waals surface area contributed by atoms with Gasteiger partial charge in [-0.25, -0.2) is 8.37 Å². The van der Waals surface area contributed by atoms with Crippen molar-refractivity contribution >= 4 is 20.8 Å². The fourth-order valence-corrected chi connectivity index (χ4v) is 5.50. The second-order valence-electron chi connectivity index (χ2n) is 7.49. The van der Waals surface area contributed by atoms with E-state index in [4.69, 9.17) is 8.37 Å². The largest absolute Gasteiger partial charge is 0.449 e. The minimum absolute atomic E-state index is 0.00485. The van der Waals surface area contributed by atoms with Crippen LogP contribution in [0.5, 0.6) is 11.5 Å². The van der Waals surface area contributed by atoms with Gasteiger partial charge in [0.1, 0.15) is 11.5 Å². The van der Waals surface area contributed by atoms with Crippen LogP contribution >= 0.6 is 0 Å². The van der Waals surface area contributed by atoms with Gasteiger partial charge in [0.2, 0.25) is 0 Å². The highest BCUT2D eigenvalue weighted by Gasteiger charge is 2.36. The van der Waals surface area contributed by atoms with Crippen molar-refractivity contribution in [2.45, 2.75) is 51.4 Å². The highest BCUT2D eigenvalue weighted by Crippen LogP contribution is 2.45. The second kappa shape index (κ2) is 10.2. The van der Waals surface area contributed by atoms with E-state index in [1.165, 1.54) is 0 Å². The van der Waals surface area contributed by atoms with E-state index in [0.29, 0.717) is 0 Å². The highest BCUT2D eigenvalue weighted by molar-refractivity contribution is 7.82. The van der Waals surface area contributed by atoms with Crippen LogP contribution in [0.3, 0.4) is 0 Å². The van der Waals surface area contributed by atoms with Crippen LogP contribution in [-0.2, 0) is 34.6 Å². The van der Waals surface area contributed by atoms with Crippen molar-refractivity contribution < 1.29 is 33.6 Å². The van der Waals surface area contributed by atoms with Crippen molar-refractivity contribution in [2.75, 3.05) is 13.2 Å². The zero-order valence-electron chi connectivity index (χ0n) is 18.2. The van der Waals surface area contributed by atoms with E-state index < -0.39 is 20.8 Å². The van der Waals surface area contributed by atoms with E-state index in [9.17, 15) is 16.8 Å². The zero-order valence-corrected chi connectivity index (χ0v) is 19.8. The van der Waals surface area contributed by atoms with Gasteiger partial charge >= 0.3 is 20.8 Å². The average Bonchev–Trinajstić information content (AvgIpc) is 2.74. The van der Waals surface area contributed by atoms with Crippen LogP contribution in [0.25, 0.3) is 0 Å². The average molecular weight is 485 g/mol. The molecule has 0 amide bonds. The molecule has 176 valence electrons. The van der Waals surface area contributed by atoms with Crippen LogP contribution in [0.4, 0.5) is 0 Å². The van der Waals surface area contributed by atoms with Gasteiger partial charge in [-0.1, -0.05) is 43.5 Å². The van der Waals surface area contributed by atoms with Crippen molar-refractivity contribution in [2.24, 2.45) is 0 Å². The molecule has 32 heavy (non-hydrogen) atoms. The van der Waals surface area contributed by atoms with Gasteiger partial charge in [-0.05, 0) is 62.1 Å². The van der Waals surface area contributed by atoms with Crippen LogP contribution in [-0.4, -0.2) is 30.0 Å². The summed E-state index contributed by atoms with van der Waals surface area (Å²) in [5, 5.41) is 0. The molecule has 0 spiro atoms. The Bertz CT molecular complexity index is 1000. The predicted octanol–water partition coefficient (Wildman–Crippen LogP) is 4.26. The van der Waals surface area contributed by atoms with Crippen LogP contribution in [0.1, 0.15) is 57.1 Å². The summed E-state index contributed by atoms with van der Waals surface area (Å²) < 4.78 is 66.1. The lowest BCUT2D eigenvalue weighted by Crippen LogP contribution is -2.30. The third-order valence-electron chi connectivity index (χ3n) is 5.44. The Labute approximate surface area is 190 Å².